The summed E-state index contributed by atoms with van der Waals surface area (Å²) in [6.07, 6.45) is 6.72. The maximum atomic E-state index is 13.5. The molecule has 0 spiro atoms. The number of phenols is 1. The fourth-order valence-electron chi connectivity index (χ4n) is 7.11. The van der Waals surface area contributed by atoms with Crippen molar-refractivity contribution in [3.05, 3.63) is 87.5 Å². The highest BCUT2D eigenvalue weighted by Gasteiger charge is 2.43. The zero-order chi connectivity index (χ0) is 26.9. The van der Waals surface area contributed by atoms with Crippen LogP contribution in [0.2, 0.25) is 0 Å². The molecule has 8 heteroatoms. The first-order valence-electron chi connectivity index (χ1n) is 13.6. The van der Waals surface area contributed by atoms with E-state index in [0.29, 0.717) is 23.4 Å². The first kappa shape index (κ1) is 24.4. The van der Waals surface area contributed by atoms with Crippen LogP contribution in [0.5, 0.6) is 5.75 Å². The van der Waals surface area contributed by atoms with Gasteiger partial charge in [-0.2, -0.15) is 0 Å². The number of carbonyl (C=O) groups excluding carboxylic acids is 1. The molecule has 2 unspecified atom stereocenters. The van der Waals surface area contributed by atoms with Crippen molar-refractivity contribution >= 4 is 33.4 Å². The Balaban J connectivity index is 1.33. The lowest BCUT2D eigenvalue weighted by Crippen LogP contribution is -2.34. The lowest BCUT2D eigenvalue weighted by Gasteiger charge is -2.37. The second kappa shape index (κ2) is 8.96. The van der Waals surface area contributed by atoms with Gasteiger partial charge in [0.1, 0.15) is 5.75 Å². The summed E-state index contributed by atoms with van der Waals surface area (Å²) in [6.45, 7) is 2.09. The van der Waals surface area contributed by atoms with E-state index in [1.807, 2.05) is 12.1 Å². The second-order valence-electron chi connectivity index (χ2n) is 11.0. The second-order valence-corrected chi connectivity index (χ2v) is 12.9. The molecule has 1 amide bonds. The molecule has 3 aromatic carbocycles. The van der Waals surface area contributed by atoms with Gasteiger partial charge < -0.3 is 15.3 Å². The highest BCUT2D eigenvalue weighted by Crippen LogP contribution is 2.52. The van der Waals surface area contributed by atoms with E-state index in [9.17, 15) is 18.3 Å². The number of aryl methyl sites for hydroxylation is 1. The van der Waals surface area contributed by atoms with Crippen LogP contribution < -0.4 is 14.9 Å². The highest BCUT2D eigenvalue weighted by atomic mass is 32.2. The van der Waals surface area contributed by atoms with Gasteiger partial charge in [-0.1, -0.05) is 35.9 Å². The van der Waals surface area contributed by atoms with E-state index in [2.05, 4.69) is 39.2 Å². The lowest BCUT2D eigenvalue weighted by atomic mass is 9.77. The molecule has 0 bridgehead atoms. The molecule has 0 saturated heterocycles. The quantitative estimate of drug-likeness (QED) is 0.443. The number of nitrogens with zero attached hydrogens (tertiary/aromatic N) is 1. The average Bonchev–Trinajstić information content (AvgIpc) is 3.46. The number of benzene rings is 3. The zero-order valence-corrected chi connectivity index (χ0v) is 22.6. The zero-order valence-electron chi connectivity index (χ0n) is 21.8. The molecule has 7 rings (SSSR count). The average molecular weight is 542 g/mol. The van der Waals surface area contributed by atoms with Gasteiger partial charge >= 0.3 is 0 Å². The van der Waals surface area contributed by atoms with Crippen LogP contribution in [0.15, 0.2) is 59.0 Å². The predicted molar refractivity (Wildman–Crippen MR) is 152 cm³/mol. The van der Waals surface area contributed by atoms with Crippen molar-refractivity contribution < 1.29 is 18.3 Å². The molecule has 0 radical (unpaired) electrons. The molecule has 0 fully saturated rings. The highest BCUT2D eigenvalue weighted by molar-refractivity contribution is 7.89. The molecule has 3 N–H and O–H groups in total. The number of hydrogen-bond acceptors (Lipinski definition) is 5. The smallest absolute Gasteiger partial charge is 0.240 e. The number of fused-ring (bicyclic) bond motifs is 2. The van der Waals surface area contributed by atoms with E-state index in [-0.39, 0.29) is 16.7 Å². The Hall–Kier alpha value is -3.62. The van der Waals surface area contributed by atoms with Crippen LogP contribution in [0.3, 0.4) is 0 Å². The number of nitrogens with one attached hydrogen (secondary N) is 2. The van der Waals surface area contributed by atoms with Gasteiger partial charge in [-0.15, -0.1) is 0 Å². The van der Waals surface area contributed by atoms with E-state index in [0.717, 1.165) is 66.6 Å². The maximum absolute atomic E-state index is 13.5. The molecule has 3 aliphatic heterocycles. The Bertz CT molecular complexity index is 1680. The molecular weight excluding hydrogens is 510 g/mol. The Kier molecular flexibility index (Phi) is 5.61. The summed E-state index contributed by atoms with van der Waals surface area (Å²) in [5.74, 6) is -0.597. The number of carbonyl (C=O) groups is 1. The van der Waals surface area contributed by atoms with Crippen LogP contribution in [0.1, 0.15) is 58.1 Å². The van der Waals surface area contributed by atoms with Gasteiger partial charge in [0.25, 0.3) is 0 Å². The third-order valence-corrected chi connectivity index (χ3v) is 10.3. The van der Waals surface area contributed by atoms with Crippen molar-refractivity contribution in [1.29, 1.82) is 0 Å². The molecule has 7 nitrogen and oxygen atoms in total. The number of sulfonamides is 1. The Morgan fingerprint density at radius 2 is 1.82 bits per heavy atom. The molecule has 200 valence electrons. The Morgan fingerprint density at radius 1 is 1.03 bits per heavy atom. The summed E-state index contributed by atoms with van der Waals surface area (Å²) in [5, 5.41) is 14.5. The summed E-state index contributed by atoms with van der Waals surface area (Å²) in [5.41, 5.74) is 8.99. The van der Waals surface area contributed by atoms with Crippen molar-refractivity contribution in [2.45, 2.75) is 48.8 Å². The van der Waals surface area contributed by atoms with Crippen LogP contribution in [0, 0.1) is 0 Å². The number of allylic oxidation sites excluding steroid dienone is 1. The number of phenolic OH excluding ortho intramolecular Hbond substituents is 1. The van der Waals surface area contributed by atoms with Gasteiger partial charge in [-0.25, -0.2) is 13.1 Å². The molecule has 3 aromatic rings. The van der Waals surface area contributed by atoms with Gasteiger partial charge in [0.15, 0.2) is 0 Å². The lowest BCUT2D eigenvalue weighted by molar-refractivity contribution is -0.117. The van der Waals surface area contributed by atoms with E-state index >= 15 is 0 Å². The summed E-state index contributed by atoms with van der Waals surface area (Å²) in [4.78, 5) is 16.1. The maximum Gasteiger partial charge on any atom is 0.240 e. The fraction of sp³-hybridized carbons (Fsp3) is 0.323. The van der Waals surface area contributed by atoms with E-state index in [1.54, 1.807) is 12.1 Å². The van der Waals surface area contributed by atoms with Crippen molar-refractivity contribution in [3.8, 4) is 5.75 Å². The first-order chi connectivity index (χ1) is 18.9. The third kappa shape index (κ3) is 3.80. The summed E-state index contributed by atoms with van der Waals surface area (Å²) >= 11 is 0. The van der Waals surface area contributed by atoms with Crippen LogP contribution in [0.4, 0.5) is 11.4 Å². The van der Waals surface area contributed by atoms with Crippen molar-refractivity contribution in [3.63, 3.8) is 0 Å². The third-order valence-electron chi connectivity index (χ3n) is 8.85. The van der Waals surface area contributed by atoms with Gasteiger partial charge in [0.2, 0.25) is 15.9 Å². The minimum absolute atomic E-state index is 0.137. The predicted octanol–water partition coefficient (Wildman–Crippen LogP) is 4.46. The normalized spacial score (nSPS) is 21.2. The van der Waals surface area contributed by atoms with Crippen molar-refractivity contribution in [2.24, 2.45) is 0 Å². The van der Waals surface area contributed by atoms with Crippen LogP contribution in [0.25, 0.3) is 6.08 Å². The molecule has 4 aliphatic rings. The van der Waals surface area contributed by atoms with E-state index in [1.165, 1.54) is 24.4 Å². The standard InChI is InChI=1S/C31H31N3O4S/c1-32-39(37,38)22-10-11-26-25(17-22)28(31(36)33-26)27-20(14-18-6-2-3-8-23(18)27)16-21-15-19-7-4-12-34-13-5-9-24(29(19)34)30(21)35/h2-3,6,8,10-11,14-15,17,27-28,32,35H,4-5,7,9,12-13,16H2,1H3,(H,33,36). The van der Waals surface area contributed by atoms with Gasteiger partial charge in [0, 0.05) is 35.9 Å². The minimum atomic E-state index is -3.67. The van der Waals surface area contributed by atoms with Crippen LogP contribution in [-0.2, 0) is 34.1 Å². The van der Waals surface area contributed by atoms with Crippen molar-refractivity contribution in [2.75, 3.05) is 30.4 Å². The fourth-order valence-corrected chi connectivity index (χ4v) is 7.88. The van der Waals surface area contributed by atoms with Crippen LogP contribution in [-0.4, -0.2) is 39.6 Å². The topological polar surface area (TPSA) is 98.7 Å². The summed E-state index contributed by atoms with van der Waals surface area (Å²) in [6, 6.07) is 15.1. The van der Waals surface area contributed by atoms with Gasteiger partial charge in [-0.3, -0.25) is 4.79 Å². The van der Waals surface area contributed by atoms with E-state index in [4.69, 9.17) is 0 Å². The monoisotopic (exact) mass is 541 g/mol. The molecule has 0 aromatic heterocycles. The molecule has 3 heterocycles. The van der Waals surface area contributed by atoms with Gasteiger partial charge in [0.05, 0.1) is 10.8 Å². The number of amides is 1. The Morgan fingerprint density at radius 3 is 2.64 bits per heavy atom. The minimum Gasteiger partial charge on any atom is -0.507 e. The summed E-state index contributed by atoms with van der Waals surface area (Å²) in [7, 11) is -2.28. The number of rotatable bonds is 5. The molecule has 0 saturated carbocycles. The molecule has 2 atom stereocenters. The SMILES string of the molecule is CNS(=O)(=O)c1ccc2c(c1)C(C1C(Cc3cc4c5c(c3O)CCCN5CCC4)=Cc3ccccc31)C(=O)N2. The molecular formula is C31H31N3O4S. The van der Waals surface area contributed by atoms with Crippen molar-refractivity contribution in [1.82, 2.24) is 4.72 Å². The summed E-state index contributed by atoms with van der Waals surface area (Å²) < 4.78 is 27.6. The Labute approximate surface area is 228 Å². The first-order valence-corrected chi connectivity index (χ1v) is 15.1. The number of hydrogen-bond donors (Lipinski definition) is 3. The molecule has 39 heavy (non-hydrogen) atoms. The largest absolute Gasteiger partial charge is 0.507 e. The van der Waals surface area contributed by atoms with Crippen LogP contribution >= 0.6 is 0 Å². The molecule has 1 aliphatic carbocycles. The number of aromatic hydroxyl groups is 1. The van der Waals surface area contributed by atoms with Gasteiger partial charge in [-0.05, 0) is 91.2 Å². The number of anilines is 2. The van der Waals surface area contributed by atoms with E-state index < -0.39 is 15.9 Å².